The Labute approximate surface area is 181 Å². The van der Waals surface area contributed by atoms with Crippen molar-refractivity contribution in [2.75, 3.05) is 41.8 Å². The second-order valence-corrected chi connectivity index (χ2v) is 7.82. The second kappa shape index (κ2) is 8.73. The average molecular weight is 415 g/mol. The SMILES string of the molecule is O=C(Nc1cccc(-c2nccnc2N2CCOCC2)c1)Nc1ccc2c(c1)CCC2. The highest BCUT2D eigenvalue weighted by Gasteiger charge is 2.18. The molecule has 7 nitrogen and oxygen atoms in total. The van der Waals surface area contributed by atoms with Gasteiger partial charge in [-0.3, -0.25) is 4.98 Å². The Morgan fingerprint density at radius 3 is 2.55 bits per heavy atom. The van der Waals surface area contributed by atoms with Gasteiger partial charge in [0.15, 0.2) is 5.82 Å². The largest absolute Gasteiger partial charge is 0.378 e. The van der Waals surface area contributed by atoms with Crippen molar-refractivity contribution in [1.29, 1.82) is 0 Å². The number of benzene rings is 2. The molecule has 0 atom stereocenters. The Kier molecular flexibility index (Phi) is 5.50. The van der Waals surface area contributed by atoms with Crippen molar-refractivity contribution in [3.63, 3.8) is 0 Å². The predicted octanol–water partition coefficient (Wildman–Crippen LogP) is 4.11. The summed E-state index contributed by atoms with van der Waals surface area (Å²) in [5.74, 6) is 0.838. The quantitative estimate of drug-likeness (QED) is 0.670. The number of nitrogens with zero attached hydrogens (tertiary/aromatic N) is 3. The van der Waals surface area contributed by atoms with Gasteiger partial charge < -0.3 is 20.3 Å². The molecule has 0 bridgehead atoms. The molecule has 158 valence electrons. The molecule has 3 aromatic rings. The van der Waals surface area contributed by atoms with Gasteiger partial charge >= 0.3 is 6.03 Å². The fourth-order valence-electron chi connectivity index (χ4n) is 4.23. The van der Waals surface area contributed by atoms with Gasteiger partial charge in [-0.15, -0.1) is 0 Å². The van der Waals surface area contributed by atoms with Gasteiger partial charge in [0.05, 0.1) is 13.2 Å². The van der Waals surface area contributed by atoms with Crippen molar-refractivity contribution in [1.82, 2.24) is 9.97 Å². The molecule has 1 aliphatic carbocycles. The van der Waals surface area contributed by atoms with Crippen LogP contribution in [0.3, 0.4) is 0 Å². The number of rotatable bonds is 4. The number of amides is 2. The van der Waals surface area contributed by atoms with E-state index in [1.54, 1.807) is 12.4 Å². The lowest BCUT2D eigenvalue weighted by molar-refractivity contribution is 0.122. The molecule has 1 aliphatic heterocycles. The Morgan fingerprint density at radius 1 is 0.903 bits per heavy atom. The second-order valence-electron chi connectivity index (χ2n) is 7.82. The molecular weight excluding hydrogens is 390 g/mol. The standard InChI is InChI=1S/C24H25N5O2/c30-24(28-21-8-7-17-3-1-4-18(17)15-21)27-20-6-2-5-19(16-20)22-23(26-10-9-25-22)29-11-13-31-14-12-29/h2,5-10,15-16H,1,3-4,11-14H2,(H2,27,28,30). The molecular formula is C24H25N5O2. The first-order valence-corrected chi connectivity index (χ1v) is 10.7. The number of aromatic nitrogens is 2. The van der Waals surface area contributed by atoms with Crippen molar-refractivity contribution >= 4 is 23.2 Å². The summed E-state index contributed by atoms with van der Waals surface area (Å²) >= 11 is 0. The van der Waals surface area contributed by atoms with Crippen LogP contribution in [0.2, 0.25) is 0 Å². The zero-order chi connectivity index (χ0) is 21.0. The lowest BCUT2D eigenvalue weighted by Gasteiger charge is -2.28. The Morgan fingerprint density at radius 2 is 1.68 bits per heavy atom. The van der Waals surface area contributed by atoms with Gasteiger partial charge in [0, 0.05) is 42.4 Å². The molecule has 31 heavy (non-hydrogen) atoms. The summed E-state index contributed by atoms with van der Waals surface area (Å²) in [6, 6.07) is 13.6. The van der Waals surface area contributed by atoms with E-state index in [0.717, 1.165) is 48.7 Å². The maximum Gasteiger partial charge on any atom is 0.323 e. The van der Waals surface area contributed by atoms with Crippen molar-refractivity contribution in [2.24, 2.45) is 0 Å². The van der Waals surface area contributed by atoms with Gasteiger partial charge in [-0.2, -0.15) is 0 Å². The van der Waals surface area contributed by atoms with E-state index >= 15 is 0 Å². The number of aryl methyl sites for hydroxylation is 2. The first-order chi connectivity index (χ1) is 15.3. The molecule has 5 rings (SSSR count). The molecule has 7 heteroatoms. The van der Waals surface area contributed by atoms with E-state index in [1.165, 1.54) is 17.5 Å². The molecule has 2 N–H and O–H groups in total. The minimum absolute atomic E-state index is 0.261. The maximum absolute atomic E-state index is 12.6. The molecule has 2 heterocycles. The molecule has 1 saturated heterocycles. The van der Waals surface area contributed by atoms with E-state index in [4.69, 9.17) is 4.74 Å². The van der Waals surface area contributed by atoms with Crippen LogP contribution in [0.5, 0.6) is 0 Å². The molecule has 0 saturated carbocycles. The third kappa shape index (κ3) is 4.36. The van der Waals surface area contributed by atoms with Crippen LogP contribution in [0.1, 0.15) is 17.5 Å². The van der Waals surface area contributed by atoms with E-state index < -0.39 is 0 Å². The number of nitrogens with one attached hydrogen (secondary N) is 2. The maximum atomic E-state index is 12.6. The number of urea groups is 1. The highest BCUT2D eigenvalue weighted by molar-refractivity contribution is 6.00. The highest BCUT2D eigenvalue weighted by Crippen LogP contribution is 2.29. The number of carbonyl (C=O) groups is 1. The highest BCUT2D eigenvalue weighted by atomic mass is 16.5. The van der Waals surface area contributed by atoms with Crippen molar-refractivity contribution in [2.45, 2.75) is 19.3 Å². The lowest BCUT2D eigenvalue weighted by atomic mass is 10.1. The normalized spacial score (nSPS) is 15.4. The fourth-order valence-corrected chi connectivity index (χ4v) is 4.23. The van der Waals surface area contributed by atoms with Crippen LogP contribution >= 0.6 is 0 Å². The van der Waals surface area contributed by atoms with Gasteiger partial charge in [-0.25, -0.2) is 9.78 Å². The van der Waals surface area contributed by atoms with E-state index in [2.05, 4.69) is 37.6 Å². The molecule has 2 aliphatic rings. The first kappa shape index (κ1) is 19.5. The third-order valence-corrected chi connectivity index (χ3v) is 5.74. The number of ether oxygens (including phenoxy) is 1. The van der Waals surface area contributed by atoms with Crippen LogP contribution < -0.4 is 15.5 Å². The summed E-state index contributed by atoms with van der Waals surface area (Å²) < 4.78 is 5.46. The number of hydrogen-bond acceptors (Lipinski definition) is 5. The van der Waals surface area contributed by atoms with Crippen LogP contribution in [0.4, 0.5) is 22.0 Å². The summed E-state index contributed by atoms with van der Waals surface area (Å²) in [6.45, 7) is 2.93. The van der Waals surface area contributed by atoms with E-state index in [-0.39, 0.29) is 6.03 Å². The predicted molar refractivity (Wildman–Crippen MR) is 122 cm³/mol. The van der Waals surface area contributed by atoms with Crippen molar-refractivity contribution in [3.05, 3.63) is 66.0 Å². The van der Waals surface area contributed by atoms with Crippen LogP contribution in [0.15, 0.2) is 54.9 Å². The molecule has 1 aromatic heterocycles. The number of carbonyl (C=O) groups excluding carboxylic acids is 1. The summed E-state index contributed by atoms with van der Waals surface area (Å²) in [7, 11) is 0. The Balaban J connectivity index is 1.32. The molecule has 2 amide bonds. The minimum atomic E-state index is -0.261. The topological polar surface area (TPSA) is 79.4 Å². The number of morpholine rings is 1. The summed E-state index contributed by atoms with van der Waals surface area (Å²) in [5, 5.41) is 5.88. The number of anilines is 3. The molecule has 0 radical (unpaired) electrons. The molecule has 1 fully saturated rings. The van der Waals surface area contributed by atoms with Crippen LogP contribution in [-0.2, 0) is 17.6 Å². The molecule has 2 aromatic carbocycles. The average Bonchev–Trinajstić information content (AvgIpc) is 3.28. The van der Waals surface area contributed by atoms with Gasteiger partial charge in [0.25, 0.3) is 0 Å². The lowest BCUT2D eigenvalue weighted by Crippen LogP contribution is -2.37. The van der Waals surface area contributed by atoms with Gasteiger partial charge in [0.2, 0.25) is 0 Å². The Bertz CT molecular complexity index is 1090. The third-order valence-electron chi connectivity index (χ3n) is 5.74. The van der Waals surface area contributed by atoms with Crippen LogP contribution in [0, 0.1) is 0 Å². The number of hydrogen-bond donors (Lipinski definition) is 2. The molecule has 0 unspecified atom stereocenters. The van der Waals surface area contributed by atoms with Crippen molar-refractivity contribution in [3.8, 4) is 11.3 Å². The summed E-state index contributed by atoms with van der Waals surface area (Å²) in [4.78, 5) is 23.9. The number of fused-ring (bicyclic) bond motifs is 1. The van der Waals surface area contributed by atoms with Crippen molar-refractivity contribution < 1.29 is 9.53 Å². The summed E-state index contributed by atoms with van der Waals surface area (Å²) in [6.07, 6.45) is 6.80. The minimum Gasteiger partial charge on any atom is -0.378 e. The van der Waals surface area contributed by atoms with E-state index in [0.29, 0.717) is 18.9 Å². The first-order valence-electron chi connectivity index (χ1n) is 10.7. The van der Waals surface area contributed by atoms with Crippen LogP contribution in [0.25, 0.3) is 11.3 Å². The zero-order valence-electron chi connectivity index (χ0n) is 17.3. The zero-order valence-corrected chi connectivity index (χ0v) is 17.3. The van der Waals surface area contributed by atoms with Gasteiger partial charge in [-0.05, 0) is 54.7 Å². The Hall–Kier alpha value is -3.45. The smallest absolute Gasteiger partial charge is 0.323 e. The van der Waals surface area contributed by atoms with E-state index in [9.17, 15) is 4.79 Å². The van der Waals surface area contributed by atoms with Crippen LogP contribution in [-0.4, -0.2) is 42.3 Å². The monoisotopic (exact) mass is 415 g/mol. The van der Waals surface area contributed by atoms with Gasteiger partial charge in [-0.1, -0.05) is 18.2 Å². The van der Waals surface area contributed by atoms with Gasteiger partial charge in [0.1, 0.15) is 5.69 Å². The summed E-state index contributed by atoms with van der Waals surface area (Å²) in [5.41, 5.74) is 5.95. The molecule has 0 spiro atoms. The van der Waals surface area contributed by atoms with E-state index in [1.807, 2.05) is 30.3 Å². The fraction of sp³-hybridized carbons (Fsp3) is 0.292.